The number of amides is 4. The van der Waals surface area contributed by atoms with E-state index in [2.05, 4.69) is 0 Å². The maximum atomic E-state index is 14.3. The average Bonchev–Trinajstić information content (AvgIpc) is 3.33. The molecule has 4 aliphatic rings. The molecule has 2 saturated heterocycles. The topological polar surface area (TPSA) is 113 Å². The fourth-order valence-electron chi connectivity index (χ4n) is 7.46. The number of imide groups is 2. The molecule has 2 aromatic rings. The van der Waals surface area contributed by atoms with E-state index in [0.29, 0.717) is 12.0 Å². The number of carbonyl (C=O) groups is 4. The Labute approximate surface area is 252 Å². The molecule has 43 heavy (non-hydrogen) atoms. The first kappa shape index (κ1) is 28.9. The number of phenolic OH excluding ortho intramolecular Hbond substituents is 1. The van der Waals surface area contributed by atoms with Crippen molar-refractivity contribution in [2.24, 2.45) is 35.0 Å². The van der Waals surface area contributed by atoms with Gasteiger partial charge in [0.15, 0.2) is 11.5 Å². The summed E-state index contributed by atoms with van der Waals surface area (Å²) in [4.78, 5) is 56.8. The third-order valence-corrected chi connectivity index (χ3v) is 10.0. The van der Waals surface area contributed by atoms with Crippen LogP contribution in [0.1, 0.15) is 25.3 Å². The molecule has 224 valence electrons. The van der Waals surface area contributed by atoms with Crippen molar-refractivity contribution < 1.29 is 38.1 Å². The fraction of sp³-hybridized carbons (Fsp3) is 0.375. The van der Waals surface area contributed by atoms with E-state index in [4.69, 9.17) is 21.1 Å². The number of hydrogen-bond donors (Lipinski definition) is 1. The summed E-state index contributed by atoms with van der Waals surface area (Å²) in [5.74, 6) is -4.97. The number of methoxy groups -OCH3 is 2. The van der Waals surface area contributed by atoms with Crippen molar-refractivity contribution in [1.29, 1.82) is 0 Å². The van der Waals surface area contributed by atoms with Crippen LogP contribution in [0.4, 0.5) is 10.1 Å². The number of carbonyl (C=O) groups excluding carboxylic acids is 4. The SMILES string of the molecule is COc1cc(C=C[C@H]2C3=CC[C@@H]4C(=O)N(C)C(=O)[C@@H]4[C@@H]3C[C@H]3C(=O)N(c4ccc(F)c(Cl)c4)C(=O)[C@@]23C)cc(OC)c1O. The summed E-state index contributed by atoms with van der Waals surface area (Å²) in [6.07, 6.45) is 6.08. The third kappa shape index (κ3) is 4.10. The van der Waals surface area contributed by atoms with Gasteiger partial charge in [0.05, 0.1) is 48.1 Å². The van der Waals surface area contributed by atoms with E-state index in [1.165, 1.54) is 33.4 Å². The quantitative estimate of drug-likeness (QED) is 0.390. The highest BCUT2D eigenvalue weighted by Gasteiger charge is 2.66. The maximum absolute atomic E-state index is 14.3. The Bertz CT molecular complexity index is 1630. The van der Waals surface area contributed by atoms with Gasteiger partial charge in [-0.2, -0.15) is 0 Å². The average molecular weight is 609 g/mol. The minimum absolute atomic E-state index is 0.161. The summed E-state index contributed by atoms with van der Waals surface area (Å²) < 4.78 is 24.6. The second-order valence-electron chi connectivity index (χ2n) is 11.7. The van der Waals surface area contributed by atoms with Gasteiger partial charge >= 0.3 is 0 Å². The predicted molar refractivity (Wildman–Crippen MR) is 155 cm³/mol. The van der Waals surface area contributed by atoms with Crippen molar-refractivity contribution in [3.8, 4) is 17.2 Å². The lowest BCUT2D eigenvalue weighted by atomic mass is 9.52. The molecule has 0 aromatic heterocycles. The molecule has 0 radical (unpaired) electrons. The summed E-state index contributed by atoms with van der Waals surface area (Å²) in [6.45, 7) is 1.74. The number of likely N-dealkylation sites (tertiary alicyclic amines) is 1. The number of nitrogens with zero attached hydrogens (tertiary/aromatic N) is 2. The number of halogens is 2. The minimum atomic E-state index is -1.26. The van der Waals surface area contributed by atoms with Crippen LogP contribution >= 0.6 is 11.6 Å². The smallest absolute Gasteiger partial charge is 0.241 e. The second kappa shape index (κ2) is 10.2. The van der Waals surface area contributed by atoms with E-state index < -0.39 is 52.6 Å². The highest BCUT2D eigenvalue weighted by atomic mass is 35.5. The van der Waals surface area contributed by atoms with Crippen LogP contribution in [0.5, 0.6) is 17.2 Å². The van der Waals surface area contributed by atoms with E-state index in [9.17, 15) is 28.7 Å². The van der Waals surface area contributed by atoms with Gasteiger partial charge in [-0.05, 0) is 61.6 Å². The van der Waals surface area contributed by atoms with E-state index in [0.717, 1.165) is 21.4 Å². The number of benzene rings is 2. The molecule has 2 heterocycles. The molecule has 2 aliphatic heterocycles. The summed E-state index contributed by atoms with van der Waals surface area (Å²) in [6, 6.07) is 6.93. The van der Waals surface area contributed by atoms with Gasteiger partial charge in [-0.3, -0.25) is 24.1 Å². The molecule has 0 bridgehead atoms. The zero-order chi connectivity index (χ0) is 31.0. The van der Waals surface area contributed by atoms with Crippen LogP contribution < -0.4 is 14.4 Å². The molecule has 3 fully saturated rings. The summed E-state index contributed by atoms with van der Waals surface area (Å²) >= 11 is 6.03. The minimum Gasteiger partial charge on any atom is -0.502 e. The molecular weight excluding hydrogens is 579 g/mol. The van der Waals surface area contributed by atoms with Gasteiger partial charge in [0.2, 0.25) is 29.4 Å². The fourth-order valence-corrected chi connectivity index (χ4v) is 7.64. The maximum Gasteiger partial charge on any atom is 0.241 e. The molecule has 2 aromatic carbocycles. The zero-order valence-electron chi connectivity index (χ0n) is 24.0. The van der Waals surface area contributed by atoms with Gasteiger partial charge < -0.3 is 14.6 Å². The number of anilines is 1. The molecule has 1 saturated carbocycles. The number of allylic oxidation sites excluding steroid dienone is 3. The van der Waals surface area contributed by atoms with Crippen LogP contribution in [0.2, 0.25) is 5.02 Å². The molecule has 1 N–H and O–H groups in total. The van der Waals surface area contributed by atoms with Crippen molar-refractivity contribution in [1.82, 2.24) is 4.90 Å². The number of phenols is 1. The van der Waals surface area contributed by atoms with Crippen molar-refractivity contribution in [2.45, 2.75) is 19.8 Å². The third-order valence-electron chi connectivity index (χ3n) is 9.71. The van der Waals surface area contributed by atoms with Gasteiger partial charge in [0.1, 0.15) is 5.82 Å². The predicted octanol–water partition coefficient (Wildman–Crippen LogP) is 4.61. The molecule has 6 rings (SSSR count). The largest absolute Gasteiger partial charge is 0.502 e. The second-order valence-corrected chi connectivity index (χ2v) is 12.1. The van der Waals surface area contributed by atoms with Crippen LogP contribution in [0.25, 0.3) is 6.08 Å². The van der Waals surface area contributed by atoms with Gasteiger partial charge in [-0.1, -0.05) is 35.4 Å². The first-order valence-corrected chi connectivity index (χ1v) is 14.3. The van der Waals surface area contributed by atoms with Crippen LogP contribution in [-0.4, -0.2) is 54.9 Å². The van der Waals surface area contributed by atoms with Crippen LogP contribution in [0.3, 0.4) is 0 Å². The molecular formula is C32H30ClFN2O7. The lowest BCUT2D eigenvalue weighted by Gasteiger charge is -2.47. The Morgan fingerprint density at radius 1 is 1.02 bits per heavy atom. The van der Waals surface area contributed by atoms with E-state index >= 15 is 0 Å². The summed E-state index contributed by atoms with van der Waals surface area (Å²) in [7, 11) is 4.31. The number of hydrogen-bond acceptors (Lipinski definition) is 7. The van der Waals surface area contributed by atoms with Gasteiger partial charge in [-0.15, -0.1) is 0 Å². The molecule has 4 amide bonds. The van der Waals surface area contributed by atoms with Gasteiger partial charge in [0, 0.05) is 13.0 Å². The summed E-state index contributed by atoms with van der Waals surface area (Å²) in [5, 5.41) is 10.2. The lowest BCUT2D eigenvalue weighted by molar-refractivity contribution is -0.139. The van der Waals surface area contributed by atoms with E-state index in [-0.39, 0.29) is 46.2 Å². The molecule has 11 heteroatoms. The first-order chi connectivity index (χ1) is 20.4. The lowest BCUT2D eigenvalue weighted by Crippen LogP contribution is -2.49. The molecule has 0 unspecified atom stereocenters. The first-order valence-electron chi connectivity index (χ1n) is 13.9. The highest BCUT2D eigenvalue weighted by Crippen LogP contribution is 2.61. The van der Waals surface area contributed by atoms with Crippen molar-refractivity contribution in [3.05, 3.63) is 64.5 Å². The summed E-state index contributed by atoms with van der Waals surface area (Å²) in [5.41, 5.74) is 0.334. The van der Waals surface area contributed by atoms with Crippen LogP contribution in [-0.2, 0) is 19.2 Å². The van der Waals surface area contributed by atoms with Crippen LogP contribution in [0.15, 0.2) is 48.1 Å². The molecule has 2 aliphatic carbocycles. The Balaban J connectivity index is 1.49. The van der Waals surface area contributed by atoms with E-state index in [1.807, 2.05) is 12.2 Å². The number of rotatable bonds is 5. The molecule has 0 spiro atoms. The number of fused-ring (bicyclic) bond motifs is 4. The van der Waals surface area contributed by atoms with Crippen LogP contribution in [0, 0.1) is 40.8 Å². The van der Waals surface area contributed by atoms with Crippen molar-refractivity contribution >= 4 is 47.0 Å². The van der Waals surface area contributed by atoms with Crippen molar-refractivity contribution in [3.63, 3.8) is 0 Å². The Hall–Kier alpha value is -4.18. The molecule has 9 nitrogen and oxygen atoms in total. The highest BCUT2D eigenvalue weighted by molar-refractivity contribution is 6.31. The monoisotopic (exact) mass is 608 g/mol. The number of aromatic hydroxyl groups is 1. The number of ether oxygens (including phenoxy) is 2. The van der Waals surface area contributed by atoms with Gasteiger partial charge in [0.25, 0.3) is 0 Å². The Morgan fingerprint density at radius 3 is 2.33 bits per heavy atom. The normalized spacial score (nSPS) is 30.0. The standard InChI is InChI=1S/C32H30ClFN2O7/c1-32-20(9-5-15-11-24(42-3)27(37)25(12-15)43-4)17-7-8-18-26(30(40)35(2)28(18)38)19(17)14-21(32)29(39)36(31(32)41)16-6-10-23(34)22(33)13-16/h5-7,9-13,18-21,26,37H,8,14H2,1-4H3/t18-,19+,20-,21-,26-,32-/m0/s1. The van der Waals surface area contributed by atoms with Crippen molar-refractivity contribution in [2.75, 3.05) is 26.2 Å². The van der Waals surface area contributed by atoms with Gasteiger partial charge in [-0.25, -0.2) is 9.29 Å². The Morgan fingerprint density at radius 2 is 1.70 bits per heavy atom. The molecule has 6 atom stereocenters. The van der Waals surface area contributed by atoms with E-state index in [1.54, 1.807) is 25.1 Å². The Kier molecular flexibility index (Phi) is 6.87. The zero-order valence-corrected chi connectivity index (χ0v) is 24.7.